The van der Waals surface area contributed by atoms with E-state index in [0.717, 1.165) is 36.2 Å². The number of hydrogen-bond acceptors (Lipinski definition) is 16. The summed E-state index contributed by atoms with van der Waals surface area (Å²) in [5, 5.41) is 49.7. The van der Waals surface area contributed by atoms with Gasteiger partial charge in [-0.25, -0.2) is 9.07 Å². The Hall–Kier alpha value is -8.17. The number of fused-ring (bicyclic) bond motifs is 4. The molecule has 414 valence electrons. The maximum Gasteiger partial charge on any atom is 0.319 e. The second-order valence-electron chi connectivity index (χ2n) is 21.3. The molecule has 11 rings (SSSR count). The number of β-amino-alcohol motifs (C(OH)–C–C–N with tert-alkyl or cyclic N) is 1. The molecule has 8 aromatic rings. The molecule has 3 aliphatic heterocycles. The molecule has 5 N–H and O–H groups in total. The van der Waals surface area contributed by atoms with Gasteiger partial charge in [-0.2, -0.15) is 9.97 Å². The first-order chi connectivity index (χ1) is 38.8. The Morgan fingerprint density at radius 3 is 2.44 bits per heavy atom. The molecule has 80 heavy (non-hydrogen) atoms. The first-order valence-electron chi connectivity index (χ1n) is 27.1. The van der Waals surface area contributed by atoms with E-state index < -0.39 is 36.0 Å². The molecule has 4 aromatic carbocycles. The first-order valence-corrected chi connectivity index (χ1v) is 27.1. The summed E-state index contributed by atoms with van der Waals surface area (Å²) in [7, 11) is 1.61. The van der Waals surface area contributed by atoms with E-state index in [1.165, 1.54) is 15.6 Å². The number of aromatic nitrogens is 7. The number of carbonyl (C=O) groups is 2. The van der Waals surface area contributed by atoms with Crippen LogP contribution in [0.1, 0.15) is 69.3 Å². The Bertz CT molecular complexity index is 3550. The summed E-state index contributed by atoms with van der Waals surface area (Å²) in [5.41, 5.74) is 6.22. The summed E-state index contributed by atoms with van der Waals surface area (Å²) in [5.74, 6) is -0.636. The maximum absolute atomic E-state index is 15.7. The van der Waals surface area contributed by atoms with Crippen LogP contribution in [0.2, 0.25) is 0 Å². The first kappa shape index (κ1) is 53.8. The predicted molar refractivity (Wildman–Crippen MR) is 298 cm³/mol. The molecule has 0 spiro atoms. The van der Waals surface area contributed by atoms with E-state index >= 15 is 4.39 Å². The van der Waals surface area contributed by atoms with Crippen molar-refractivity contribution >= 4 is 39.3 Å². The minimum atomic E-state index is -0.996. The van der Waals surface area contributed by atoms with Crippen LogP contribution < -0.4 is 25.0 Å². The van der Waals surface area contributed by atoms with Crippen molar-refractivity contribution < 1.29 is 43.5 Å². The number of phenols is 1. The normalized spacial score (nSPS) is 19.0. The van der Waals surface area contributed by atoms with Gasteiger partial charge in [0, 0.05) is 75.0 Å². The SMILES string of the molecule is CCc1c(F)ccc2cc(O)cc(-c3ncc4c(N5C[C@@H]6C[C@H]5CN6)nc(OC[C@H](C)OC)nc4c3OCc3ccc(-c4cn([C@H](C(=O)N5C[C@H](O)C[C@H]5C(=O)N[C@@H](CO)c5ccc(-c6cccnc6)cc5)C(C)C)nn4)cc3)c12. The van der Waals surface area contributed by atoms with Gasteiger partial charge in [-0.15, -0.1) is 5.10 Å². The molecule has 3 saturated heterocycles. The number of aliphatic hydroxyl groups is 2. The molecule has 0 radical (unpaired) electrons. The molecular weight excluding hydrogens is 1020 g/mol. The summed E-state index contributed by atoms with van der Waals surface area (Å²) in [4.78, 5) is 51.4. The number of likely N-dealkylation sites (tertiary alicyclic amines) is 1. The van der Waals surface area contributed by atoms with Gasteiger partial charge in [0.15, 0.2) is 5.75 Å². The lowest BCUT2D eigenvalue weighted by atomic mass is 9.94. The molecule has 3 fully saturated rings. The Kier molecular flexibility index (Phi) is 15.4. The number of pyridine rings is 2. The van der Waals surface area contributed by atoms with E-state index in [0.29, 0.717) is 79.3 Å². The van der Waals surface area contributed by atoms with Crippen molar-refractivity contribution in [3.05, 3.63) is 132 Å². The third-order valence-corrected chi connectivity index (χ3v) is 15.6. The van der Waals surface area contributed by atoms with Gasteiger partial charge in [0.1, 0.15) is 59.6 Å². The number of carbonyl (C=O) groups excluding carboxylic acids is 2. The largest absolute Gasteiger partial charge is 0.508 e. The fourth-order valence-corrected chi connectivity index (χ4v) is 11.3. The van der Waals surface area contributed by atoms with E-state index in [9.17, 15) is 24.9 Å². The lowest BCUT2D eigenvalue weighted by Gasteiger charge is -2.30. The zero-order valence-electron chi connectivity index (χ0n) is 45.2. The Morgan fingerprint density at radius 2 is 1.74 bits per heavy atom. The number of anilines is 1. The number of aryl methyl sites for hydroxylation is 1. The number of phenolic OH excluding ortho intramolecular Hbond substituents is 1. The van der Waals surface area contributed by atoms with Crippen LogP contribution in [0.15, 0.2) is 110 Å². The van der Waals surface area contributed by atoms with Crippen molar-refractivity contribution in [2.24, 2.45) is 5.92 Å². The number of benzene rings is 4. The number of piperazine rings is 1. The smallest absolute Gasteiger partial charge is 0.319 e. The zero-order chi connectivity index (χ0) is 55.8. The minimum absolute atomic E-state index is 0.0260. The van der Waals surface area contributed by atoms with E-state index in [1.807, 2.05) is 88.4 Å². The molecule has 3 aliphatic rings. The van der Waals surface area contributed by atoms with Crippen molar-refractivity contribution in [1.29, 1.82) is 0 Å². The Morgan fingerprint density at radius 1 is 0.938 bits per heavy atom. The molecule has 4 aromatic heterocycles. The lowest BCUT2D eigenvalue weighted by molar-refractivity contribution is -0.142. The topological polar surface area (TPSA) is 235 Å². The number of nitrogens with zero attached hydrogens (tertiary/aromatic N) is 9. The highest BCUT2D eigenvalue weighted by Gasteiger charge is 2.44. The van der Waals surface area contributed by atoms with Crippen LogP contribution in [0.4, 0.5) is 10.2 Å². The number of aromatic hydroxyl groups is 1. The standard InChI is InChI=1S/C60H64FN11O8/c1-6-45-48(61)18-17-39-20-43(74)22-46(52(39)45)53-56(54-47(26-64-53)57(70-27-41-21-42(70)25-63-41)67-60(66-54)80-31-34(4)78-5)79-32-35-9-11-37(12-10-35)49-29-72(69-68-49)55(33(2)3)59(77)71-28-44(75)23-51(71)58(76)65-50(30-73)38-15-13-36(14-16-38)40-8-7-19-62-24-40/h7-20,22,24,26,29,33-34,41-42,44,50-51,55,63,73-75H,6,21,23,25,27-28,30-32H2,1-5H3,(H,65,76)/t34-,41-,42-,44+,50-,51-,55-/m0/s1. The summed E-state index contributed by atoms with van der Waals surface area (Å²) in [6, 6.07) is 23.0. The van der Waals surface area contributed by atoms with Gasteiger partial charge < -0.3 is 50.0 Å². The minimum Gasteiger partial charge on any atom is -0.508 e. The van der Waals surface area contributed by atoms with Crippen molar-refractivity contribution in [1.82, 2.24) is 50.5 Å². The Labute approximate surface area is 461 Å². The predicted octanol–water partition coefficient (Wildman–Crippen LogP) is 7.12. The van der Waals surface area contributed by atoms with E-state index in [2.05, 4.69) is 30.8 Å². The van der Waals surface area contributed by atoms with Gasteiger partial charge in [-0.3, -0.25) is 19.6 Å². The highest BCUT2D eigenvalue weighted by Crippen LogP contribution is 2.45. The number of halogens is 1. The number of hydrogen-bond donors (Lipinski definition) is 5. The molecule has 2 amide bonds. The van der Waals surface area contributed by atoms with Gasteiger partial charge in [0.05, 0.1) is 36.4 Å². The van der Waals surface area contributed by atoms with Crippen LogP contribution in [0, 0.1) is 11.7 Å². The van der Waals surface area contributed by atoms with Crippen molar-refractivity contribution in [2.75, 3.05) is 44.9 Å². The van der Waals surface area contributed by atoms with Gasteiger partial charge in [-0.05, 0) is 88.5 Å². The molecular formula is C60H64FN11O8. The number of rotatable bonds is 19. The number of aliphatic hydroxyl groups excluding tert-OH is 2. The quantitative estimate of drug-likeness (QED) is 0.0542. The van der Waals surface area contributed by atoms with Crippen LogP contribution in [-0.4, -0.2) is 137 Å². The number of ether oxygens (including phenoxy) is 3. The molecule has 7 atom stereocenters. The van der Waals surface area contributed by atoms with Crippen LogP contribution in [0.5, 0.6) is 17.5 Å². The van der Waals surface area contributed by atoms with Crippen LogP contribution in [0.3, 0.4) is 0 Å². The number of methoxy groups -OCH3 is 1. The molecule has 0 aliphatic carbocycles. The van der Waals surface area contributed by atoms with Gasteiger partial charge in [0.25, 0.3) is 0 Å². The van der Waals surface area contributed by atoms with Gasteiger partial charge >= 0.3 is 6.01 Å². The zero-order valence-corrected chi connectivity index (χ0v) is 45.2. The average molecular weight is 1090 g/mol. The summed E-state index contributed by atoms with van der Waals surface area (Å²) in [6.45, 7) is 8.87. The van der Waals surface area contributed by atoms with Crippen LogP contribution in [0.25, 0.3) is 55.3 Å². The van der Waals surface area contributed by atoms with Crippen molar-refractivity contribution in [3.8, 4) is 51.2 Å². The molecule has 2 bridgehead atoms. The van der Waals surface area contributed by atoms with Gasteiger partial charge in [0.2, 0.25) is 11.8 Å². The van der Waals surface area contributed by atoms with Crippen molar-refractivity contribution in [3.63, 3.8) is 0 Å². The van der Waals surface area contributed by atoms with E-state index in [-0.39, 0.29) is 68.4 Å². The molecule has 19 nitrogen and oxygen atoms in total. The third-order valence-electron chi connectivity index (χ3n) is 15.6. The Balaban J connectivity index is 0.862. The van der Waals surface area contributed by atoms with Crippen LogP contribution >= 0.6 is 0 Å². The highest BCUT2D eigenvalue weighted by molar-refractivity contribution is 6.04. The summed E-state index contributed by atoms with van der Waals surface area (Å²) < 4.78 is 35.7. The molecule has 0 unspecified atom stereocenters. The fourth-order valence-electron chi connectivity index (χ4n) is 11.3. The monoisotopic (exact) mass is 1090 g/mol. The van der Waals surface area contributed by atoms with E-state index in [4.69, 9.17) is 29.2 Å². The van der Waals surface area contributed by atoms with Crippen molar-refractivity contribution in [2.45, 2.75) is 96.0 Å². The molecule has 20 heteroatoms. The average Bonchev–Trinajstić information content (AvgIpc) is 4.38. The van der Waals surface area contributed by atoms with Gasteiger partial charge in [-0.1, -0.05) is 86.6 Å². The molecule has 0 saturated carbocycles. The van der Waals surface area contributed by atoms with Crippen LogP contribution in [-0.2, 0) is 27.4 Å². The number of nitrogens with one attached hydrogen (secondary N) is 2. The maximum atomic E-state index is 15.7. The number of amides is 2. The second kappa shape index (κ2) is 22.9. The second-order valence-corrected chi connectivity index (χ2v) is 21.3. The summed E-state index contributed by atoms with van der Waals surface area (Å²) >= 11 is 0. The third kappa shape index (κ3) is 10.7. The summed E-state index contributed by atoms with van der Waals surface area (Å²) in [6.07, 6.45) is 7.05. The van der Waals surface area contributed by atoms with E-state index in [1.54, 1.807) is 50.1 Å². The molecule has 7 heterocycles. The fraction of sp³-hybridized carbons (Fsp3) is 0.367. The lowest BCUT2D eigenvalue weighted by Crippen LogP contribution is -2.50. The highest BCUT2D eigenvalue weighted by atomic mass is 19.1.